The first-order valence-corrected chi connectivity index (χ1v) is 6.36. The SMILES string of the molecule is Cc1cscc1OCCCn1cc[n+](C)c1.[Br-]. The highest BCUT2D eigenvalue weighted by atomic mass is 79.9. The van der Waals surface area contributed by atoms with Gasteiger partial charge in [0.1, 0.15) is 18.1 Å². The second-order valence-corrected chi connectivity index (χ2v) is 4.68. The summed E-state index contributed by atoms with van der Waals surface area (Å²) in [7, 11) is 2.03. The lowest BCUT2D eigenvalue weighted by Gasteiger charge is -2.03. The van der Waals surface area contributed by atoms with E-state index in [1.54, 1.807) is 11.3 Å². The molecule has 0 N–H and O–H groups in total. The summed E-state index contributed by atoms with van der Waals surface area (Å²) in [4.78, 5) is 0. The Morgan fingerprint density at radius 1 is 1.41 bits per heavy atom. The molecule has 0 spiro atoms. The van der Waals surface area contributed by atoms with Crippen molar-refractivity contribution in [2.45, 2.75) is 19.9 Å². The minimum absolute atomic E-state index is 0. The maximum Gasteiger partial charge on any atom is 0.243 e. The van der Waals surface area contributed by atoms with E-state index in [9.17, 15) is 0 Å². The summed E-state index contributed by atoms with van der Waals surface area (Å²) < 4.78 is 9.91. The first-order valence-electron chi connectivity index (χ1n) is 5.42. The summed E-state index contributed by atoms with van der Waals surface area (Å²) in [5.74, 6) is 1.03. The molecule has 0 atom stereocenters. The summed E-state index contributed by atoms with van der Waals surface area (Å²) in [5, 5.41) is 4.17. The minimum Gasteiger partial charge on any atom is -1.00 e. The largest absolute Gasteiger partial charge is 1.00 e. The van der Waals surface area contributed by atoms with E-state index in [0.29, 0.717) is 0 Å². The van der Waals surface area contributed by atoms with Crippen LogP contribution in [0, 0.1) is 6.92 Å². The topological polar surface area (TPSA) is 18.0 Å². The Hall–Kier alpha value is -0.810. The predicted octanol–water partition coefficient (Wildman–Crippen LogP) is -0.844. The normalized spacial score (nSPS) is 10.0. The molecule has 2 rings (SSSR count). The van der Waals surface area contributed by atoms with Crippen LogP contribution in [-0.2, 0) is 13.6 Å². The number of aromatic nitrogens is 2. The van der Waals surface area contributed by atoms with Crippen molar-refractivity contribution in [3.05, 3.63) is 35.0 Å². The molecular weight excluding hydrogens is 300 g/mol. The van der Waals surface area contributed by atoms with Crippen LogP contribution in [0.3, 0.4) is 0 Å². The third kappa shape index (κ3) is 4.16. The van der Waals surface area contributed by atoms with Crippen LogP contribution in [0.2, 0.25) is 0 Å². The fourth-order valence-corrected chi connectivity index (χ4v) is 2.33. The van der Waals surface area contributed by atoms with Gasteiger partial charge in [0.25, 0.3) is 0 Å². The fraction of sp³-hybridized carbons (Fsp3) is 0.417. The number of thiophene rings is 1. The molecule has 0 fully saturated rings. The summed E-state index contributed by atoms with van der Waals surface area (Å²) in [6.07, 6.45) is 7.24. The zero-order chi connectivity index (χ0) is 11.4. The van der Waals surface area contributed by atoms with Crippen LogP contribution < -0.4 is 26.3 Å². The molecule has 0 aliphatic rings. The number of aryl methyl sites for hydroxylation is 3. The number of hydrogen-bond donors (Lipinski definition) is 0. The van der Waals surface area contributed by atoms with Crippen molar-refractivity contribution >= 4 is 11.3 Å². The second-order valence-electron chi connectivity index (χ2n) is 3.94. The van der Waals surface area contributed by atoms with Crippen molar-refractivity contribution in [3.8, 4) is 5.75 Å². The van der Waals surface area contributed by atoms with Crippen molar-refractivity contribution in [2.75, 3.05) is 6.61 Å². The Morgan fingerprint density at radius 3 is 2.82 bits per heavy atom. The predicted molar refractivity (Wildman–Crippen MR) is 64.8 cm³/mol. The Morgan fingerprint density at radius 2 is 2.24 bits per heavy atom. The van der Waals surface area contributed by atoms with Crippen molar-refractivity contribution in [3.63, 3.8) is 0 Å². The molecule has 0 radical (unpaired) electrons. The van der Waals surface area contributed by atoms with E-state index in [1.165, 1.54) is 5.56 Å². The van der Waals surface area contributed by atoms with Crippen LogP contribution >= 0.6 is 11.3 Å². The van der Waals surface area contributed by atoms with Gasteiger partial charge in [0, 0.05) is 17.4 Å². The molecule has 2 heterocycles. The Bertz CT molecular complexity index is 453. The van der Waals surface area contributed by atoms with Crippen LogP contribution in [0.5, 0.6) is 5.75 Å². The van der Waals surface area contributed by atoms with Gasteiger partial charge in [-0.15, -0.1) is 11.3 Å². The smallest absolute Gasteiger partial charge is 0.243 e. The third-order valence-corrected chi connectivity index (χ3v) is 3.29. The summed E-state index contributed by atoms with van der Waals surface area (Å²) >= 11 is 1.69. The molecular formula is C12H17BrN2OS. The maximum absolute atomic E-state index is 5.70. The van der Waals surface area contributed by atoms with Crippen molar-refractivity contribution < 1.29 is 26.3 Å². The lowest BCUT2D eigenvalue weighted by Crippen LogP contribution is -3.00. The summed E-state index contributed by atoms with van der Waals surface area (Å²) in [6.45, 7) is 3.86. The maximum atomic E-state index is 5.70. The van der Waals surface area contributed by atoms with Crippen LogP contribution in [0.25, 0.3) is 0 Å². The highest BCUT2D eigenvalue weighted by molar-refractivity contribution is 7.08. The Balaban J connectivity index is 0.00000144. The summed E-state index contributed by atoms with van der Waals surface area (Å²) in [5.41, 5.74) is 1.23. The molecule has 17 heavy (non-hydrogen) atoms. The van der Waals surface area contributed by atoms with E-state index in [4.69, 9.17) is 4.74 Å². The average Bonchev–Trinajstić information content (AvgIpc) is 2.83. The molecule has 0 aliphatic carbocycles. The molecule has 0 unspecified atom stereocenters. The van der Waals surface area contributed by atoms with Gasteiger partial charge in [-0.2, -0.15) is 0 Å². The first-order chi connectivity index (χ1) is 7.75. The number of halogens is 1. The van der Waals surface area contributed by atoms with E-state index < -0.39 is 0 Å². The van der Waals surface area contributed by atoms with Gasteiger partial charge in [-0.25, -0.2) is 9.13 Å². The number of imidazole rings is 1. The molecule has 0 saturated heterocycles. The molecule has 5 heteroatoms. The van der Waals surface area contributed by atoms with E-state index >= 15 is 0 Å². The van der Waals surface area contributed by atoms with Crippen LogP contribution in [0.4, 0.5) is 0 Å². The highest BCUT2D eigenvalue weighted by Gasteiger charge is 2.02. The molecule has 94 valence electrons. The Kier molecular flexibility index (Phi) is 5.71. The van der Waals surface area contributed by atoms with E-state index in [1.807, 2.05) is 17.8 Å². The molecule has 3 nitrogen and oxygen atoms in total. The van der Waals surface area contributed by atoms with Gasteiger partial charge in [0.15, 0.2) is 0 Å². The van der Waals surface area contributed by atoms with Gasteiger partial charge in [0.05, 0.1) is 20.2 Å². The van der Waals surface area contributed by atoms with Crippen molar-refractivity contribution in [1.82, 2.24) is 4.57 Å². The average molecular weight is 317 g/mol. The van der Waals surface area contributed by atoms with Gasteiger partial charge in [-0.1, -0.05) is 0 Å². The number of hydrogen-bond acceptors (Lipinski definition) is 2. The Labute approximate surface area is 116 Å². The van der Waals surface area contributed by atoms with E-state index in [0.717, 1.165) is 25.3 Å². The van der Waals surface area contributed by atoms with Crippen LogP contribution in [0.15, 0.2) is 29.5 Å². The molecule has 0 amide bonds. The first kappa shape index (κ1) is 14.3. The van der Waals surface area contributed by atoms with Gasteiger partial charge >= 0.3 is 0 Å². The molecule has 2 aromatic heterocycles. The zero-order valence-electron chi connectivity index (χ0n) is 10.1. The molecule has 2 aromatic rings. The summed E-state index contributed by atoms with van der Waals surface area (Å²) in [6, 6.07) is 0. The van der Waals surface area contributed by atoms with E-state index in [2.05, 4.69) is 34.8 Å². The quantitative estimate of drug-likeness (QED) is 0.519. The fourth-order valence-electron chi connectivity index (χ4n) is 1.56. The number of nitrogens with zero attached hydrogens (tertiary/aromatic N) is 2. The number of rotatable bonds is 5. The molecule has 0 bridgehead atoms. The van der Waals surface area contributed by atoms with E-state index in [-0.39, 0.29) is 17.0 Å². The lowest BCUT2D eigenvalue weighted by atomic mass is 10.3. The molecule has 0 saturated carbocycles. The third-order valence-electron chi connectivity index (χ3n) is 2.45. The highest BCUT2D eigenvalue weighted by Crippen LogP contribution is 2.22. The van der Waals surface area contributed by atoms with Gasteiger partial charge in [0.2, 0.25) is 6.33 Å². The van der Waals surface area contributed by atoms with Gasteiger partial charge in [-0.3, -0.25) is 0 Å². The van der Waals surface area contributed by atoms with Crippen LogP contribution in [-0.4, -0.2) is 11.2 Å². The van der Waals surface area contributed by atoms with Crippen LogP contribution in [0.1, 0.15) is 12.0 Å². The minimum atomic E-state index is 0. The van der Waals surface area contributed by atoms with Gasteiger partial charge in [-0.05, 0) is 12.3 Å². The molecule has 0 aliphatic heterocycles. The van der Waals surface area contributed by atoms with Gasteiger partial charge < -0.3 is 21.7 Å². The number of ether oxygens (including phenoxy) is 1. The second kappa shape index (κ2) is 6.81. The van der Waals surface area contributed by atoms with Crippen molar-refractivity contribution in [2.24, 2.45) is 7.05 Å². The standard InChI is InChI=1S/C12H17N2OS.BrH/c1-11-8-16-9-12(11)15-7-3-4-14-6-5-13(2)10-14;/h5-6,8-10H,3-4,7H2,1-2H3;1H/q+1;/p-1. The monoisotopic (exact) mass is 316 g/mol. The van der Waals surface area contributed by atoms with Crippen molar-refractivity contribution in [1.29, 1.82) is 0 Å². The molecule has 0 aromatic carbocycles. The lowest BCUT2D eigenvalue weighted by molar-refractivity contribution is -0.671. The zero-order valence-corrected chi connectivity index (χ0v) is 12.5.